The molecule has 0 bridgehead atoms. The number of hydrogen-bond donors (Lipinski definition) is 0. The Labute approximate surface area is 66.0 Å². The summed E-state index contributed by atoms with van der Waals surface area (Å²) < 4.78 is 5.27. The minimum atomic E-state index is 0.972. The van der Waals surface area contributed by atoms with Crippen LogP contribution in [-0.2, 0) is 6.42 Å². The van der Waals surface area contributed by atoms with Crippen LogP contribution in [0.3, 0.4) is 0 Å². The predicted molar refractivity (Wildman–Crippen MR) is 45.2 cm³/mol. The molecular weight excluding hydrogens is 136 g/mol. The Morgan fingerprint density at radius 1 is 1.27 bits per heavy atom. The van der Waals surface area contributed by atoms with Gasteiger partial charge < -0.3 is 4.42 Å². The highest BCUT2D eigenvalue weighted by molar-refractivity contribution is 5.79. The maximum atomic E-state index is 5.27. The van der Waals surface area contributed by atoms with Crippen molar-refractivity contribution in [1.29, 1.82) is 0 Å². The highest BCUT2D eigenvalue weighted by atomic mass is 16.3. The van der Waals surface area contributed by atoms with E-state index in [0.29, 0.717) is 0 Å². The van der Waals surface area contributed by atoms with Gasteiger partial charge in [0.2, 0.25) is 0 Å². The lowest BCUT2D eigenvalue weighted by atomic mass is 9.90. The molecule has 0 saturated heterocycles. The van der Waals surface area contributed by atoms with Gasteiger partial charge in [-0.15, -0.1) is 0 Å². The highest BCUT2D eigenvalue weighted by Crippen LogP contribution is 2.32. The topological polar surface area (TPSA) is 13.1 Å². The zero-order valence-electron chi connectivity index (χ0n) is 6.39. The van der Waals surface area contributed by atoms with E-state index in [0.717, 1.165) is 35.3 Å². The molecule has 0 N–H and O–H groups in total. The van der Waals surface area contributed by atoms with E-state index in [1.54, 1.807) is 6.26 Å². The molecule has 56 valence electrons. The van der Waals surface area contributed by atoms with E-state index in [2.05, 4.69) is 13.2 Å². The van der Waals surface area contributed by atoms with Crippen LogP contribution < -0.4 is 0 Å². The van der Waals surface area contributed by atoms with Gasteiger partial charge in [0.1, 0.15) is 5.76 Å². The zero-order chi connectivity index (χ0) is 7.84. The second kappa shape index (κ2) is 2.12. The van der Waals surface area contributed by atoms with Crippen LogP contribution in [0.1, 0.15) is 17.7 Å². The largest absolute Gasteiger partial charge is 0.469 e. The molecule has 0 fully saturated rings. The van der Waals surface area contributed by atoms with E-state index < -0.39 is 0 Å². The molecule has 1 heterocycles. The van der Waals surface area contributed by atoms with E-state index in [1.165, 1.54) is 0 Å². The standard InChI is InChI=1S/C10H10O/c1-7-3-4-10-9(8(7)2)5-6-11-10/h5-6H,1-4H2. The van der Waals surface area contributed by atoms with Crippen molar-refractivity contribution >= 4 is 5.57 Å². The minimum absolute atomic E-state index is 0.972. The fraction of sp³-hybridized carbons (Fsp3) is 0.200. The first kappa shape index (κ1) is 6.47. The van der Waals surface area contributed by atoms with Crippen LogP contribution >= 0.6 is 0 Å². The molecule has 1 aromatic heterocycles. The van der Waals surface area contributed by atoms with Gasteiger partial charge in [-0.05, 0) is 23.6 Å². The average molecular weight is 146 g/mol. The molecule has 1 heteroatoms. The van der Waals surface area contributed by atoms with Crippen LogP contribution in [0.5, 0.6) is 0 Å². The van der Waals surface area contributed by atoms with Crippen molar-refractivity contribution in [1.82, 2.24) is 0 Å². The summed E-state index contributed by atoms with van der Waals surface area (Å²) in [6.45, 7) is 7.88. The third-order valence-corrected chi connectivity index (χ3v) is 2.15. The molecule has 1 aromatic rings. The van der Waals surface area contributed by atoms with Crippen molar-refractivity contribution in [3.05, 3.63) is 42.4 Å². The second-order valence-electron chi connectivity index (χ2n) is 2.84. The van der Waals surface area contributed by atoms with E-state index in [4.69, 9.17) is 4.42 Å². The maximum Gasteiger partial charge on any atom is 0.111 e. The van der Waals surface area contributed by atoms with Gasteiger partial charge >= 0.3 is 0 Å². The molecule has 0 saturated carbocycles. The number of rotatable bonds is 0. The third-order valence-electron chi connectivity index (χ3n) is 2.15. The van der Waals surface area contributed by atoms with E-state index in [1.807, 2.05) is 6.07 Å². The minimum Gasteiger partial charge on any atom is -0.469 e. The normalized spacial score (nSPS) is 16.7. The van der Waals surface area contributed by atoms with Crippen molar-refractivity contribution in [2.75, 3.05) is 0 Å². The van der Waals surface area contributed by atoms with Crippen LogP contribution in [0.4, 0.5) is 0 Å². The van der Waals surface area contributed by atoms with Gasteiger partial charge in [-0.3, -0.25) is 0 Å². The first-order valence-electron chi connectivity index (χ1n) is 3.73. The number of furan rings is 1. The monoisotopic (exact) mass is 146 g/mol. The summed E-state index contributed by atoms with van der Waals surface area (Å²) in [4.78, 5) is 0. The average Bonchev–Trinajstić information content (AvgIpc) is 2.45. The Kier molecular flexibility index (Phi) is 1.25. The summed E-state index contributed by atoms with van der Waals surface area (Å²) in [5.41, 5.74) is 3.32. The molecule has 2 rings (SSSR count). The summed E-state index contributed by atoms with van der Waals surface area (Å²) in [7, 11) is 0. The van der Waals surface area contributed by atoms with Crippen molar-refractivity contribution in [2.45, 2.75) is 12.8 Å². The quantitative estimate of drug-likeness (QED) is 0.548. The smallest absolute Gasteiger partial charge is 0.111 e. The van der Waals surface area contributed by atoms with Gasteiger partial charge in [-0.2, -0.15) is 0 Å². The van der Waals surface area contributed by atoms with Gasteiger partial charge in [-0.25, -0.2) is 0 Å². The first-order chi connectivity index (χ1) is 5.29. The van der Waals surface area contributed by atoms with E-state index in [-0.39, 0.29) is 0 Å². The van der Waals surface area contributed by atoms with Crippen molar-refractivity contribution in [3.8, 4) is 0 Å². The number of aryl methyl sites for hydroxylation is 1. The van der Waals surface area contributed by atoms with Crippen molar-refractivity contribution < 1.29 is 4.42 Å². The van der Waals surface area contributed by atoms with Gasteiger partial charge in [0.15, 0.2) is 0 Å². The van der Waals surface area contributed by atoms with Crippen molar-refractivity contribution in [3.63, 3.8) is 0 Å². The summed E-state index contributed by atoms with van der Waals surface area (Å²) >= 11 is 0. The molecule has 1 aliphatic rings. The Morgan fingerprint density at radius 3 is 2.91 bits per heavy atom. The third kappa shape index (κ3) is 0.845. The molecule has 0 spiro atoms. The molecule has 0 radical (unpaired) electrons. The Balaban J connectivity index is 2.54. The van der Waals surface area contributed by atoms with Gasteiger partial charge in [0.25, 0.3) is 0 Å². The Hall–Kier alpha value is -1.24. The lowest BCUT2D eigenvalue weighted by Gasteiger charge is -2.14. The first-order valence-corrected chi connectivity index (χ1v) is 3.73. The SMILES string of the molecule is C=C1CCc2occc2C1=C. The summed E-state index contributed by atoms with van der Waals surface area (Å²) in [5.74, 6) is 1.06. The summed E-state index contributed by atoms with van der Waals surface area (Å²) in [6, 6.07) is 1.96. The fourth-order valence-electron chi connectivity index (χ4n) is 1.41. The van der Waals surface area contributed by atoms with Crippen LogP contribution in [0.25, 0.3) is 5.57 Å². The molecule has 0 unspecified atom stereocenters. The van der Waals surface area contributed by atoms with Crippen LogP contribution in [-0.4, -0.2) is 0 Å². The molecule has 1 nitrogen and oxygen atoms in total. The van der Waals surface area contributed by atoms with Crippen LogP contribution in [0.2, 0.25) is 0 Å². The number of fused-ring (bicyclic) bond motifs is 1. The van der Waals surface area contributed by atoms with E-state index in [9.17, 15) is 0 Å². The summed E-state index contributed by atoms with van der Waals surface area (Å²) in [6.07, 6.45) is 3.67. The fourth-order valence-corrected chi connectivity index (χ4v) is 1.41. The van der Waals surface area contributed by atoms with Crippen LogP contribution in [0, 0.1) is 0 Å². The molecule has 11 heavy (non-hydrogen) atoms. The predicted octanol–water partition coefficient (Wildman–Crippen LogP) is 2.80. The van der Waals surface area contributed by atoms with Gasteiger partial charge in [0.05, 0.1) is 6.26 Å². The molecule has 0 atom stereocenters. The zero-order valence-corrected chi connectivity index (χ0v) is 6.39. The number of hydrogen-bond acceptors (Lipinski definition) is 1. The summed E-state index contributed by atoms with van der Waals surface area (Å²) in [5, 5.41) is 0. The van der Waals surface area contributed by atoms with Gasteiger partial charge in [0, 0.05) is 12.0 Å². The Morgan fingerprint density at radius 2 is 2.09 bits per heavy atom. The molecule has 0 amide bonds. The highest BCUT2D eigenvalue weighted by Gasteiger charge is 2.17. The maximum absolute atomic E-state index is 5.27. The van der Waals surface area contributed by atoms with Gasteiger partial charge in [-0.1, -0.05) is 13.2 Å². The molecular formula is C10H10O. The van der Waals surface area contributed by atoms with Crippen LogP contribution in [0.15, 0.2) is 35.5 Å². The second-order valence-corrected chi connectivity index (χ2v) is 2.84. The number of allylic oxidation sites excluding steroid dienone is 2. The lowest BCUT2D eigenvalue weighted by molar-refractivity contribution is 0.505. The molecule has 0 aliphatic heterocycles. The van der Waals surface area contributed by atoms with Crippen molar-refractivity contribution in [2.24, 2.45) is 0 Å². The lowest BCUT2D eigenvalue weighted by Crippen LogP contribution is -1.99. The Bertz CT molecular complexity index is 317. The molecule has 0 aromatic carbocycles. The van der Waals surface area contributed by atoms with E-state index >= 15 is 0 Å². The molecule has 1 aliphatic carbocycles.